The first-order valence-corrected chi connectivity index (χ1v) is 9.40. The van der Waals surface area contributed by atoms with Crippen molar-refractivity contribution in [2.45, 2.75) is 25.3 Å². The molecule has 25 heavy (non-hydrogen) atoms. The van der Waals surface area contributed by atoms with E-state index in [0.29, 0.717) is 22.1 Å². The quantitative estimate of drug-likeness (QED) is 0.739. The first kappa shape index (κ1) is 17.4. The summed E-state index contributed by atoms with van der Waals surface area (Å²) >= 11 is 6.08. The molecule has 0 aliphatic heterocycles. The number of aromatic amines is 1. The highest BCUT2D eigenvalue weighted by Gasteiger charge is 2.30. The van der Waals surface area contributed by atoms with Crippen LogP contribution < -0.4 is 4.31 Å². The van der Waals surface area contributed by atoms with Crippen LogP contribution in [0.4, 0.5) is 5.69 Å². The maximum absolute atomic E-state index is 13.4. The highest BCUT2D eigenvalue weighted by atomic mass is 35.5. The number of anilines is 1. The number of halogens is 1. The monoisotopic (exact) mass is 376 g/mol. The van der Waals surface area contributed by atoms with E-state index < -0.39 is 10.0 Å². The maximum Gasteiger partial charge on any atom is 0.268 e. The summed E-state index contributed by atoms with van der Waals surface area (Å²) in [6.45, 7) is 3.49. The van der Waals surface area contributed by atoms with Crippen molar-refractivity contribution in [3.8, 4) is 0 Å². The van der Waals surface area contributed by atoms with Crippen LogP contribution in [-0.4, -0.2) is 23.6 Å². The smallest absolute Gasteiger partial charge is 0.268 e. The minimum atomic E-state index is -3.83. The highest BCUT2D eigenvalue weighted by molar-refractivity contribution is 7.92. The number of H-pyrrole nitrogens is 1. The van der Waals surface area contributed by atoms with Gasteiger partial charge in [0.1, 0.15) is 4.90 Å². The van der Waals surface area contributed by atoms with Gasteiger partial charge in [0, 0.05) is 17.4 Å². The number of pyridine rings is 1. The summed E-state index contributed by atoms with van der Waals surface area (Å²) in [4.78, 5) is 4.24. The van der Waals surface area contributed by atoms with Crippen molar-refractivity contribution in [2.75, 3.05) is 4.31 Å². The van der Waals surface area contributed by atoms with Gasteiger partial charge in [-0.15, -0.1) is 0 Å². The second kappa shape index (κ2) is 6.85. The molecule has 1 N–H and O–H groups in total. The zero-order chi connectivity index (χ0) is 18.0. The molecule has 0 unspecified atom stereocenters. The molecule has 3 rings (SSSR count). The lowest BCUT2D eigenvalue weighted by molar-refractivity contribution is 0.589. The molecule has 2 heterocycles. The second-order valence-corrected chi connectivity index (χ2v) is 7.85. The lowest BCUT2D eigenvalue weighted by Gasteiger charge is -2.25. The number of hydrogen-bond donors (Lipinski definition) is 1. The van der Waals surface area contributed by atoms with Gasteiger partial charge < -0.3 is 0 Å². The molecule has 2 aromatic heterocycles. The summed E-state index contributed by atoms with van der Waals surface area (Å²) in [5.74, 6) is 0. The molecule has 0 spiro atoms. The number of nitrogens with zero attached hydrogens (tertiary/aromatic N) is 3. The summed E-state index contributed by atoms with van der Waals surface area (Å²) in [7, 11) is -3.83. The lowest BCUT2D eigenvalue weighted by atomic mass is 10.2. The Morgan fingerprint density at radius 3 is 2.60 bits per heavy atom. The van der Waals surface area contributed by atoms with Crippen molar-refractivity contribution in [1.82, 2.24) is 15.2 Å². The number of sulfonamides is 1. The zero-order valence-electron chi connectivity index (χ0n) is 13.8. The average molecular weight is 377 g/mol. The van der Waals surface area contributed by atoms with E-state index in [4.69, 9.17) is 11.6 Å². The SMILES string of the molecule is Cc1n[nH]c(C)c1S(=O)(=O)N(Cc1cccnc1)c1cccc(Cl)c1. The fourth-order valence-corrected chi connectivity index (χ4v) is 4.60. The average Bonchev–Trinajstić information content (AvgIpc) is 2.93. The summed E-state index contributed by atoms with van der Waals surface area (Å²) in [6.07, 6.45) is 3.29. The Morgan fingerprint density at radius 2 is 2.00 bits per heavy atom. The minimum Gasteiger partial charge on any atom is -0.281 e. The highest BCUT2D eigenvalue weighted by Crippen LogP contribution is 2.30. The summed E-state index contributed by atoms with van der Waals surface area (Å²) in [5.41, 5.74) is 2.17. The predicted octanol–water partition coefficient (Wildman–Crippen LogP) is 3.47. The number of aryl methyl sites for hydroxylation is 2. The maximum atomic E-state index is 13.4. The minimum absolute atomic E-state index is 0.139. The summed E-state index contributed by atoms with van der Waals surface area (Å²) < 4.78 is 28.0. The predicted molar refractivity (Wildman–Crippen MR) is 97.1 cm³/mol. The Labute approximate surface area is 151 Å². The number of benzene rings is 1. The van der Waals surface area contributed by atoms with Crippen LogP contribution in [0.1, 0.15) is 17.0 Å². The van der Waals surface area contributed by atoms with Crippen LogP contribution in [0.3, 0.4) is 0 Å². The molecule has 130 valence electrons. The largest absolute Gasteiger partial charge is 0.281 e. The Hall–Kier alpha value is -2.38. The van der Waals surface area contributed by atoms with Gasteiger partial charge in [-0.1, -0.05) is 23.7 Å². The molecule has 0 atom stereocenters. The van der Waals surface area contributed by atoms with E-state index in [1.807, 2.05) is 6.07 Å². The molecule has 8 heteroatoms. The van der Waals surface area contributed by atoms with Crippen LogP contribution in [0.25, 0.3) is 0 Å². The first-order valence-electron chi connectivity index (χ1n) is 7.58. The number of nitrogens with one attached hydrogen (secondary N) is 1. The number of aromatic nitrogens is 3. The van der Waals surface area contributed by atoms with E-state index in [1.54, 1.807) is 56.6 Å². The van der Waals surface area contributed by atoms with E-state index in [-0.39, 0.29) is 11.4 Å². The van der Waals surface area contributed by atoms with E-state index in [0.717, 1.165) is 5.56 Å². The third-order valence-corrected chi connectivity index (χ3v) is 6.03. The Morgan fingerprint density at radius 1 is 1.20 bits per heavy atom. The Kier molecular flexibility index (Phi) is 4.78. The van der Waals surface area contributed by atoms with Crippen LogP contribution in [0.2, 0.25) is 5.02 Å². The fourth-order valence-electron chi connectivity index (χ4n) is 2.63. The van der Waals surface area contributed by atoms with Crippen molar-refractivity contribution < 1.29 is 8.42 Å². The van der Waals surface area contributed by atoms with Gasteiger partial charge >= 0.3 is 0 Å². The summed E-state index contributed by atoms with van der Waals surface area (Å²) in [6, 6.07) is 10.4. The molecule has 0 amide bonds. The van der Waals surface area contributed by atoms with Crippen molar-refractivity contribution in [2.24, 2.45) is 0 Å². The molecule has 0 aliphatic rings. The fraction of sp³-hybridized carbons (Fsp3) is 0.176. The van der Waals surface area contributed by atoms with Gasteiger partial charge in [0.05, 0.1) is 23.6 Å². The van der Waals surface area contributed by atoms with Crippen LogP contribution in [0.5, 0.6) is 0 Å². The van der Waals surface area contributed by atoms with E-state index in [1.165, 1.54) is 4.31 Å². The summed E-state index contributed by atoms with van der Waals surface area (Å²) in [5, 5.41) is 7.21. The third kappa shape index (κ3) is 3.52. The van der Waals surface area contributed by atoms with Crippen LogP contribution in [0.15, 0.2) is 53.7 Å². The van der Waals surface area contributed by atoms with Crippen molar-refractivity contribution in [1.29, 1.82) is 0 Å². The van der Waals surface area contributed by atoms with E-state index in [9.17, 15) is 8.42 Å². The van der Waals surface area contributed by atoms with Gasteiger partial charge in [0.2, 0.25) is 0 Å². The van der Waals surface area contributed by atoms with Crippen LogP contribution in [-0.2, 0) is 16.6 Å². The molecular weight excluding hydrogens is 360 g/mol. The topological polar surface area (TPSA) is 79.0 Å². The molecule has 0 saturated carbocycles. The zero-order valence-corrected chi connectivity index (χ0v) is 15.3. The molecule has 0 fully saturated rings. The Bertz CT molecular complexity index is 967. The standard InChI is InChI=1S/C17H17ClN4O2S/c1-12-17(13(2)21-20-12)25(23,24)22(11-14-5-4-8-19-10-14)16-7-3-6-15(18)9-16/h3-10H,11H2,1-2H3,(H,20,21). The van der Waals surface area contributed by atoms with E-state index >= 15 is 0 Å². The molecule has 0 radical (unpaired) electrons. The number of rotatable bonds is 5. The van der Waals surface area contributed by atoms with Gasteiger partial charge in [0.15, 0.2) is 0 Å². The lowest BCUT2D eigenvalue weighted by Crippen LogP contribution is -2.31. The number of hydrogen-bond acceptors (Lipinski definition) is 4. The van der Waals surface area contributed by atoms with Gasteiger partial charge in [-0.25, -0.2) is 8.42 Å². The molecule has 0 bridgehead atoms. The van der Waals surface area contributed by atoms with Crippen LogP contribution >= 0.6 is 11.6 Å². The van der Waals surface area contributed by atoms with Crippen molar-refractivity contribution in [3.05, 3.63) is 70.8 Å². The third-order valence-electron chi connectivity index (χ3n) is 3.75. The second-order valence-electron chi connectivity index (χ2n) is 5.62. The normalized spacial score (nSPS) is 11.5. The molecule has 6 nitrogen and oxygen atoms in total. The van der Waals surface area contributed by atoms with Gasteiger partial charge in [-0.2, -0.15) is 5.10 Å². The molecule has 1 aromatic carbocycles. The molecule has 0 aliphatic carbocycles. The first-order chi connectivity index (χ1) is 11.9. The molecular formula is C17H17ClN4O2S. The van der Waals surface area contributed by atoms with Gasteiger partial charge in [-0.3, -0.25) is 14.4 Å². The van der Waals surface area contributed by atoms with Crippen LogP contribution in [0, 0.1) is 13.8 Å². The van der Waals surface area contributed by atoms with Gasteiger partial charge in [0.25, 0.3) is 10.0 Å². The molecule has 3 aromatic rings. The van der Waals surface area contributed by atoms with Crippen molar-refractivity contribution in [3.63, 3.8) is 0 Å². The Balaban J connectivity index is 2.14. The van der Waals surface area contributed by atoms with E-state index in [2.05, 4.69) is 15.2 Å². The van der Waals surface area contributed by atoms with Gasteiger partial charge in [-0.05, 0) is 43.7 Å². The molecule has 0 saturated heterocycles. The van der Waals surface area contributed by atoms with Crippen molar-refractivity contribution >= 4 is 27.3 Å².